The molecule has 1 nitrogen and oxygen atoms in total. The van der Waals surface area contributed by atoms with Crippen molar-refractivity contribution >= 4 is 0 Å². The van der Waals surface area contributed by atoms with Crippen LogP contribution in [-0.2, 0) is 11.0 Å². The molecule has 1 aromatic rings. The molecule has 0 amide bonds. The lowest BCUT2D eigenvalue weighted by molar-refractivity contribution is 0.0693. The minimum absolute atomic E-state index is 0.256. The molecule has 2 rings (SSSR count). The topological polar surface area (TPSA) is 26.0 Å². The standard InChI is InChI=1S/C13H17F2N/c1-12(2,11(14)15)9-4-3-5-10(8-9)13(16)6-7-13/h3-5,8,11H,6-7,16H2,1-2H3. The van der Waals surface area contributed by atoms with Crippen LogP contribution in [0.3, 0.4) is 0 Å². The molecular weight excluding hydrogens is 208 g/mol. The van der Waals surface area contributed by atoms with Crippen LogP contribution in [0.25, 0.3) is 0 Å². The Morgan fingerprint density at radius 2 is 1.94 bits per heavy atom. The molecule has 1 aliphatic rings. The molecule has 0 spiro atoms. The highest BCUT2D eigenvalue weighted by Gasteiger charge is 2.41. The van der Waals surface area contributed by atoms with Gasteiger partial charge in [-0.3, -0.25) is 0 Å². The Bertz CT molecular complexity index is 395. The van der Waals surface area contributed by atoms with Crippen molar-refractivity contribution in [2.75, 3.05) is 0 Å². The van der Waals surface area contributed by atoms with Crippen LogP contribution in [-0.4, -0.2) is 6.43 Å². The number of benzene rings is 1. The fourth-order valence-corrected chi connectivity index (χ4v) is 1.78. The van der Waals surface area contributed by atoms with E-state index in [1.165, 1.54) is 0 Å². The highest BCUT2D eigenvalue weighted by molar-refractivity contribution is 5.36. The molecule has 0 saturated heterocycles. The SMILES string of the molecule is CC(C)(c1cccc(C2(N)CC2)c1)C(F)F. The first kappa shape index (κ1) is 11.5. The van der Waals surface area contributed by atoms with E-state index < -0.39 is 11.8 Å². The van der Waals surface area contributed by atoms with Crippen LogP contribution in [0.1, 0.15) is 37.8 Å². The average molecular weight is 225 g/mol. The molecule has 0 aromatic heterocycles. The largest absolute Gasteiger partial charge is 0.321 e. The van der Waals surface area contributed by atoms with E-state index in [4.69, 9.17) is 5.73 Å². The molecule has 16 heavy (non-hydrogen) atoms. The van der Waals surface area contributed by atoms with Crippen molar-refractivity contribution in [1.82, 2.24) is 0 Å². The summed E-state index contributed by atoms with van der Waals surface area (Å²) in [5, 5.41) is 0. The smallest absolute Gasteiger partial charge is 0.247 e. The average Bonchev–Trinajstić information content (AvgIpc) is 2.98. The third-order valence-electron chi connectivity index (χ3n) is 3.52. The van der Waals surface area contributed by atoms with E-state index >= 15 is 0 Å². The van der Waals surface area contributed by atoms with Crippen LogP contribution in [0.15, 0.2) is 24.3 Å². The number of hydrogen-bond donors (Lipinski definition) is 1. The van der Waals surface area contributed by atoms with Gasteiger partial charge in [-0.05, 0) is 24.0 Å². The lowest BCUT2D eigenvalue weighted by Gasteiger charge is -2.25. The number of rotatable bonds is 3. The minimum atomic E-state index is -2.37. The summed E-state index contributed by atoms with van der Waals surface area (Å²) in [6.45, 7) is 3.12. The van der Waals surface area contributed by atoms with E-state index in [1.54, 1.807) is 19.9 Å². The van der Waals surface area contributed by atoms with E-state index in [-0.39, 0.29) is 5.54 Å². The zero-order valence-electron chi connectivity index (χ0n) is 9.63. The maximum absolute atomic E-state index is 12.9. The predicted molar refractivity (Wildman–Crippen MR) is 60.6 cm³/mol. The fourth-order valence-electron chi connectivity index (χ4n) is 1.78. The fraction of sp³-hybridized carbons (Fsp3) is 0.538. The Morgan fingerprint density at radius 3 is 2.44 bits per heavy atom. The molecule has 0 radical (unpaired) electrons. The number of alkyl halides is 2. The van der Waals surface area contributed by atoms with Gasteiger partial charge in [0.15, 0.2) is 0 Å². The van der Waals surface area contributed by atoms with Crippen molar-refractivity contribution in [2.24, 2.45) is 5.73 Å². The summed E-state index contributed by atoms with van der Waals surface area (Å²) in [5.74, 6) is 0. The lowest BCUT2D eigenvalue weighted by atomic mass is 9.83. The second-order valence-corrected chi connectivity index (χ2v) is 5.26. The van der Waals surface area contributed by atoms with Gasteiger partial charge >= 0.3 is 0 Å². The Balaban J connectivity index is 2.36. The first-order chi connectivity index (χ1) is 7.36. The van der Waals surface area contributed by atoms with Crippen molar-refractivity contribution < 1.29 is 8.78 Å². The summed E-state index contributed by atoms with van der Waals surface area (Å²) in [5.41, 5.74) is 6.35. The van der Waals surface area contributed by atoms with Gasteiger partial charge in [0.1, 0.15) is 0 Å². The predicted octanol–water partition coefficient (Wildman–Crippen LogP) is 3.18. The zero-order chi connectivity index (χ0) is 12.0. The summed E-state index contributed by atoms with van der Waals surface area (Å²) in [4.78, 5) is 0. The zero-order valence-corrected chi connectivity index (χ0v) is 9.63. The Hall–Kier alpha value is -0.960. The first-order valence-corrected chi connectivity index (χ1v) is 5.54. The van der Waals surface area contributed by atoms with Crippen LogP contribution in [0, 0.1) is 0 Å². The Kier molecular flexibility index (Phi) is 2.54. The van der Waals surface area contributed by atoms with Gasteiger partial charge in [0.05, 0.1) is 5.41 Å². The van der Waals surface area contributed by atoms with Crippen LogP contribution >= 0.6 is 0 Å². The maximum Gasteiger partial charge on any atom is 0.247 e. The molecular formula is C13H17F2N. The molecule has 0 aliphatic heterocycles. The molecule has 0 heterocycles. The highest BCUT2D eigenvalue weighted by Crippen LogP contribution is 2.43. The number of halogens is 2. The van der Waals surface area contributed by atoms with Gasteiger partial charge < -0.3 is 5.73 Å². The second-order valence-electron chi connectivity index (χ2n) is 5.26. The molecule has 0 bridgehead atoms. The second kappa shape index (κ2) is 3.52. The molecule has 88 valence electrons. The highest BCUT2D eigenvalue weighted by atomic mass is 19.3. The van der Waals surface area contributed by atoms with E-state index in [0.29, 0.717) is 5.56 Å². The molecule has 0 unspecified atom stereocenters. The van der Waals surface area contributed by atoms with Crippen LogP contribution < -0.4 is 5.73 Å². The van der Waals surface area contributed by atoms with Gasteiger partial charge in [0.2, 0.25) is 6.43 Å². The third-order valence-corrected chi connectivity index (χ3v) is 3.52. The quantitative estimate of drug-likeness (QED) is 0.840. The van der Waals surface area contributed by atoms with Crippen LogP contribution in [0.4, 0.5) is 8.78 Å². The molecule has 1 fully saturated rings. The summed E-state index contributed by atoms with van der Waals surface area (Å²) >= 11 is 0. The summed E-state index contributed by atoms with van der Waals surface area (Å²) in [7, 11) is 0. The van der Waals surface area contributed by atoms with Gasteiger partial charge in [-0.1, -0.05) is 38.1 Å². The van der Waals surface area contributed by atoms with E-state index in [0.717, 1.165) is 18.4 Å². The molecule has 1 aliphatic carbocycles. The summed E-state index contributed by atoms with van der Waals surface area (Å²) < 4.78 is 25.8. The van der Waals surface area contributed by atoms with Crippen LogP contribution in [0.5, 0.6) is 0 Å². The van der Waals surface area contributed by atoms with Crippen molar-refractivity contribution in [1.29, 1.82) is 0 Å². The Labute approximate surface area is 94.7 Å². The van der Waals surface area contributed by atoms with Gasteiger partial charge in [-0.2, -0.15) is 0 Å². The molecule has 0 atom stereocenters. The van der Waals surface area contributed by atoms with E-state index in [1.807, 2.05) is 18.2 Å². The summed E-state index contributed by atoms with van der Waals surface area (Å²) in [6, 6.07) is 7.33. The Morgan fingerprint density at radius 1 is 1.31 bits per heavy atom. The molecule has 2 N–H and O–H groups in total. The van der Waals surface area contributed by atoms with E-state index in [9.17, 15) is 8.78 Å². The van der Waals surface area contributed by atoms with Gasteiger partial charge in [0.25, 0.3) is 0 Å². The van der Waals surface area contributed by atoms with Crippen molar-refractivity contribution in [2.45, 2.75) is 44.1 Å². The normalized spacial score (nSPS) is 18.9. The molecule has 1 saturated carbocycles. The first-order valence-electron chi connectivity index (χ1n) is 5.54. The monoisotopic (exact) mass is 225 g/mol. The van der Waals surface area contributed by atoms with Crippen LogP contribution in [0.2, 0.25) is 0 Å². The minimum Gasteiger partial charge on any atom is -0.321 e. The third kappa shape index (κ3) is 1.84. The molecule has 1 aromatic carbocycles. The lowest BCUT2D eigenvalue weighted by Crippen LogP contribution is -2.28. The van der Waals surface area contributed by atoms with Gasteiger partial charge in [-0.15, -0.1) is 0 Å². The maximum atomic E-state index is 12.9. The van der Waals surface area contributed by atoms with Crippen molar-refractivity contribution in [3.05, 3.63) is 35.4 Å². The molecule has 3 heteroatoms. The van der Waals surface area contributed by atoms with E-state index in [2.05, 4.69) is 0 Å². The van der Waals surface area contributed by atoms with Crippen molar-refractivity contribution in [3.63, 3.8) is 0 Å². The van der Waals surface area contributed by atoms with Crippen molar-refractivity contribution in [3.8, 4) is 0 Å². The number of hydrogen-bond acceptors (Lipinski definition) is 1. The van der Waals surface area contributed by atoms with Gasteiger partial charge in [0, 0.05) is 5.54 Å². The van der Waals surface area contributed by atoms with Gasteiger partial charge in [-0.25, -0.2) is 8.78 Å². The number of nitrogens with two attached hydrogens (primary N) is 1. The summed E-state index contributed by atoms with van der Waals surface area (Å²) in [6.07, 6.45) is -0.465.